The van der Waals surface area contributed by atoms with E-state index in [0.29, 0.717) is 36.8 Å². The third-order valence-electron chi connectivity index (χ3n) is 6.23. The quantitative estimate of drug-likeness (QED) is 0.387. The Labute approximate surface area is 206 Å². The van der Waals surface area contributed by atoms with Crippen molar-refractivity contribution in [1.82, 2.24) is 14.7 Å². The number of halogens is 1. The van der Waals surface area contributed by atoms with Crippen LogP contribution in [0.15, 0.2) is 48.5 Å². The number of aryl methyl sites for hydroxylation is 2. The van der Waals surface area contributed by atoms with Crippen molar-refractivity contribution in [2.24, 2.45) is 5.92 Å². The molecule has 2 heterocycles. The number of amides is 1. The fourth-order valence-electron chi connectivity index (χ4n) is 4.40. The smallest absolute Gasteiger partial charge is 0.227 e. The van der Waals surface area contributed by atoms with Gasteiger partial charge in [0, 0.05) is 19.1 Å². The second-order valence-electron chi connectivity index (χ2n) is 9.40. The highest BCUT2D eigenvalue weighted by Gasteiger charge is 2.28. The van der Waals surface area contributed by atoms with Gasteiger partial charge in [-0.25, -0.2) is 9.07 Å². The number of carbonyl (C=O) groups excluding carboxylic acids is 1. The molecule has 1 amide bonds. The molecule has 0 N–H and O–H groups in total. The summed E-state index contributed by atoms with van der Waals surface area (Å²) in [5.74, 6) is 0.822. The van der Waals surface area contributed by atoms with Crippen molar-refractivity contribution in [3.63, 3.8) is 0 Å². The molecule has 6 nitrogen and oxygen atoms in total. The van der Waals surface area contributed by atoms with Crippen molar-refractivity contribution in [2.45, 2.75) is 59.6 Å². The summed E-state index contributed by atoms with van der Waals surface area (Å²) in [6.45, 7) is 9.50. The summed E-state index contributed by atoms with van der Waals surface area (Å²) in [4.78, 5) is 15.1. The van der Waals surface area contributed by atoms with Crippen LogP contribution in [0.3, 0.4) is 0 Å². The molecule has 2 aromatic carbocycles. The summed E-state index contributed by atoms with van der Waals surface area (Å²) in [7, 11) is 0. The lowest BCUT2D eigenvalue weighted by Crippen LogP contribution is -2.39. The zero-order valence-electron chi connectivity index (χ0n) is 21.0. The van der Waals surface area contributed by atoms with Crippen LogP contribution in [0.25, 0.3) is 5.69 Å². The molecule has 7 heteroatoms. The molecule has 0 radical (unpaired) electrons. The Morgan fingerprint density at radius 3 is 2.66 bits per heavy atom. The lowest BCUT2D eigenvalue weighted by Gasteiger charge is -2.27. The van der Waals surface area contributed by atoms with E-state index in [0.717, 1.165) is 36.3 Å². The average Bonchev–Trinajstić information content (AvgIpc) is 3.47. The number of hydrogen-bond donors (Lipinski definition) is 0. The lowest BCUT2D eigenvalue weighted by atomic mass is 10.1. The Morgan fingerprint density at radius 2 is 2.03 bits per heavy atom. The molecule has 1 aromatic heterocycles. The number of ether oxygens (including phenoxy) is 2. The average molecular weight is 480 g/mol. The van der Waals surface area contributed by atoms with E-state index in [1.165, 1.54) is 12.1 Å². The molecule has 1 aliphatic heterocycles. The van der Waals surface area contributed by atoms with E-state index in [1.54, 1.807) is 16.8 Å². The number of aromatic nitrogens is 2. The summed E-state index contributed by atoms with van der Waals surface area (Å²) in [5, 5.41) is 4.84. The summed E-state index contributed by atoms with van der Waals surface area (Å²) in [5.41, 5.74) is 3.45. The SMILES string of the molecule is CCc1nn(-c2ccc(F)cc2)c(Oc2cccc(C)c2)c1CN(C[C@H]1CCCO1)C(=O)C(C)C. The van der Waals surface area contributed by atoms with E-state index in [4.69, 9.17) is 14.6 Å². The molecular formula is C28H34FN3O3. The molecule has 0 saturated carbocycles. The first kappa shape index (κ1) is 24.9. The first-order chi connectivity index (χ1) is 16.9. The van der Waals surface area contributed by atoms with Gasteiger partial charge in [-0.1, -0.05) is 32.9 Å². The van der Waals surface area contributed by atoms with Gasteiger partial charge in [0.25, 0.3) is 0 Å². The first-order valence-corrected chi connectivity index (χ1v) is 12.4. The summed E-state index contributed by atoms with van der Waals surface area (Å²) in [6, 6.07) is 14.0. The maximum Gasteiger partial charge on any atom is 0.227 e. The van der Waals surface area contributed by atoms with Gasteiger partial charge in [0.2, 0.25) is 11.8 Å². The van der Waals surface area contributed by atoms with Gasteiger partial charge in [0.1, 0.15) is 11.6 Å². The second kappa shape index (κ2) is 11.0. The van der Waals surface area contributed by atoms with Crippen LogP contribution in [0.5, 0.6) is 11.6 Å². The topological polar surface area (TPSA) is 56.6 Å². The fraction of sp³-hybridized carbons (Fsp3) is 0.429. The molecule has 0 unspecified atom stereocenters. The molecule has 1 atom stereocenters. The monoisotopic (exact) mass is 479 g/mol. The largest absolute Gasteiger partial charge is 0.439 e. The van der Waals surface area contributed by atoms with Crippen LogP contribution in [-0.2, 0) is 22.5 Å². The molecule has 4 rings (SSSR count). The minimum Gasteiger partial charge on any atom is -0.439 e. The normalized spacial score (nSPS) is 15.5. The van der Waals surface area contributed by atoms with E-state index >= 15 is 0 Å². The highest BCUT2D eigenvalue weighted by molar-refractivity contribution is 5.78. The van der Waals surface area contributed by atoms with Gasteiger partial charge < -0.3 is 14.4 Å². The van der Waals surface area contributed by atoms with Crippen LogP contribution in [0.2, 0.25) is 0 Å². The van der Waals surface area contributed by atoms with Crippen LogP contribution in [0.4, 0.5) is 4.39 Å². The number of carbonyl (C=O) groups is 1. The fourth-order valence-corrected chi connectivity index (χ4v) is 4.40. The zero-order valence-corrected chi connectivity index (χ0v) is 21.0. The number of hydrogen-bond acceptors (Lipinski definition) is 4. The first-order valence-electron chi connectivity index (χ1n) is 12.4. The van der Waals surface area contributed by atoms with Crippen LogP contribution < -0.4 is 4.74 Å². The van der Waals surface area contributed by atoms with Crippen LogP contribution >= 0.6 is 0 Å². The van der Waals surface area contributed by atoms with Gasteiger partial charge >= 0.3 is 0 Å². The predicted molar refractivity (Wildman–Crippen MR) is 133 cm³/mol. The van der Waals surface area contributed by atoms with E-state index in [2.05, 4.69) is 0 Å². The Bertz CT molecular complexity index is 1150. The minimum atomic E-state index is -0.316. The van der Waals surface area contributed by atoms with Crippen LogP contribution in [0, 0.1) is 18.7 Å². The minimum absolute atomic E-state index is 0.0380. The molecule has 0 bridgehead atoms. The Balaban J connectivity index is 1.78. The summed E-state index contributed by atoms with van der Waals surface area (Å²) < 4.78 is 27.7. The highest BCUT2D eigenvalue weighted by atomic mass is 19.1. The van der Waals surface area contributed by atoms with Crippen LogP contribution in [-0.4, -0.2) is 39.8 Å². The Morgan fingerprint density at radius 1 is 1.26 bits per heavy atom. The van der Waals surface area contributed by atoms with E-state index in [-0.39, 0.29) is 23.7 Å². The van der Waals surface area contributed by atoms with Crippen molar-refractivity contribution in [3.8, 4) is 17.3 Å². The van der Waals surface area contributed by atoms with Gasteiger partial charge in [0.15, 0.2) is 0 Å². The maximum atomic E-state index is 13.7. The number of nitrogens with zero attached hydrogens (tertiary/aromatic N) is 3. The van der Waals surface area contributed by atoms with Gasteiger partial charge in [-0.2, -0.15) is 5.10 Å². The third-order valence-corrected chi connectivity index (χ3v) is 6.23. The standard InChI is InChI=1S/C28H34FN3O3/c1-5-26-25(18-31(27(33)19(2)3)17-24-10-7-15-34-24)28(35-23-9-6-8-20(4)16-23)32(30-26)22-13-11-21(29)12-14-22/h6,8-9,11-14,16,19,24H,5,7,10,15,17-18H2,1-4H3/t24-/m1/s1. The number of benzene rings is 2. The van der Waals surface area contributed by atoms with Crippen molar-refractivity contribution in [2.75, 3.05) is 13.2 Å². The van der Waals surface area contributed by atoms with E-state index in [1.807, 2.05) is 56.9 Å². The van der Waals surface area contributed by atoms with Gasteiger partial charge in [0.05, 0.1) is 29.6 Å². The summed E-state index contributed by atoms with van der Waals surface area (Å²) >= 11 is 0. The molecule has 0 spiro atoms. The number of rotatable bonds is 9. The van der Waals surface area contributed by atoms with Gasteiger partial charge in [-0.15, -0.1) is 0 Å². The van der Waals surface area contributed by atoms with Crippen molar-refractivity contribution >= 4 is 5.91 Å². The Kier molecular flexibility index (Phi) is 7.86. The van der Waals surface area contributed by atoms with Crippen molar-refractivity contribution < 1.29 is 18.7 Å². The maximum absolute atomic E-state index is 13.7. The Hall–Kier alpha value is -3.19. The molecule has 1 aliphatic rings. The molecule has 35 heavy (non-hydrogen) atoms. The van der Waals surface area contributed by atoms with Crippen LogP contribution in [0.1, 0.15) is 50.4 Å². The molecule has 1 fully saturated rings. The summed E-state index contributed by atoms with van der Waals surface area (Å²) in [6.07, 6.45) is 2.66. The molecule has 186 valence electrons. The van der Waals surface area contributed by atoms with Gasteiger partial charge in [-0.3, -0.25) is 4.79 Å². The molecular weight excluding hydrogens is 445 g/mol. The van der Waals surface area contributed by atoms with Crippen molar-refractivity contribution in [1.29, 1.82) is 0 Å². The lowest BCUT2D eigenvalue weighted by molar-refractivity contribution is -0.136. The molecule has 1 saturated heterocycles. The van der Waals surface area contributed by atoms with Crippen molar-refractivity contribution in [3.05, 3.63) is 71.2 Å². The molecule has 3 aromatic rings. The second-order valence-corrected chi connectivity index (χ2v) is 9.40. The van der Waals surface area contributed by atoms with Gasteiger partial charge in [-0.05, 0) is 68.1 Å². The predicted octanol–water partition coefficient (Wildman–Crippen LogP) is 5.84. The zero-order chi connectivity index (χ0) is 24.9. The third kappa shape index (κ3) is 5.90. The highest BCUT2D eigenvalue weighted by Crippen LogP contribution is 2.33. The van der Waals surface area contributed by atoms with E-state index < -0.39 is 0 Å². The molecule has 0 aliphatic carbocycles. The van der Waals surface area contributed by atoms with E-state index in [9.17, 15) is 9.18 Å².